The molecule has 2 aromatic carbocycles. The SMILES string of the molecule is COc1cc2c(c3ccccc13)C(C)(C)C[C@H]2O. The summed E-state index contributed by atoms with van der Waals surface area (Å²) in [6.45, 7) is 4.39. The number of fused-ring (bicyclic) bond motifs is 3. The molecule has 0 aliphatic heterocycles. The van der Waals surface area contributed by atoms with Gasteiger partial charge in [-0.15, -0.1) is 0 Å². The molecule has 0 unspecified atom stereocenters. The second-order valence-electron chi connectivity index (χ2n) is 5.69. The van der Waals surface area contributed by atoms with E-state index >= 15 is 0 Å². The van der Waals surface area contributed by atoms with Gasteiger partial charge in [-0.3, -0.25) is 0 Å². The highest BCUT2D eigenvalue weighted by atomic mass is 16.5. The highest BCUT2D eigenvalue weighted by molar-refractivity contribution is 5.93. The van der Waals surface area contributed by atoms with Gasteiger partial charge in [-0.05, 0) is 34.4 Å². The van der Waals surface area contributed by atoms with Gasteiger partial charge in [-0.2, -0.15) is 0 Å². The van der Waals surface area contributed by atoms with Crippen LogP contribution in [0.25, 0.3) is 10.8 Å². The normalized spacial score (nSPS) is 21.0. The molecule has 0 bridgehead atoms. The molecule has 2 aromatic rings. The molecule has 0 amide bonds. The van der Waals surface area contributed by atoms with E-state index in [0.717, 1.165) is 23.1 Å². The first kappa shape index (κ1) is 11.5. The number of hydrogen-bond donors (Lipinski definition) is 1. The van der Waals surface area contributed by atoms with E-state index in [-0.39, 0.29) is 11.5 Å². The Kier molecular flexibility index (Phi) is 2.39. The van der Waals surface area contributed by atoms with Crippen LogP contribution in [0.15, 0.2) is 30.3 Å². The molecular weight excluding hydrogens is 224 g/mol. The molecule has 0 heterocycles. The Bertz CT molecular complexity index is 614. The molecule has 0 aromatic heterocycles. The molecule has 0 fully saturated rings. The number of aliphatic hydroxyl groups excluding tert-OH is 1. The molecule has 2 heteroatoms. The summed E-state index contributed by atoms with van der Waals surface area (Å²) in [5.74, 6) is 0.848. The number of rotatable bonds is 1. The van der Waals surface area contributed by atoms with Crippen LogP contribution in [0.2, 0.25) is 0 Å². The summed E-state index contributed by atoms with van der Waals surface area (Å²) in [6, 6.07) is 10.3. The molecule has 94 valence electrons. The molecule has 18 heavy (non-hydrogen) atoms. The lowest BCUT2D eigenvalue weighted by Gasteiger charge is -2.21. The number of ether oxygens (including phenoxy) is 1. The van der Waals surface area contributed by atoms with Crippen LogP contribution >= 0.6 is 0 Å². The summed E-state index contributed by atoms with van der Waals surface area (Å²) in [5.41, 5.74) is 2.31. The Morgan fingerprint density at radius 1 is 1.22 bits per heavy atom. The van der Waals surface area contributed by atoms with Crippen molar-refractivity contribution in [3.05, 3.63) is 41.5 Å². The Morgan fingerprint density at radius 3 is 2.56 bits per heavy atom. The maximum atomic E-state index is 10.2. The third kappa shape index (κ3) is 1.45. The number of benzene rings is 2. The topological polar surface area (TPSA) is 29.5 Å². The summed E-state index contributed by atoms with van der Waals surface area (Å²) in [7, 11) is 1.68. The van der Waals surface area contributed by atoms with Gasteiger partial charge in [0.1, 0.15) is 5.75 Å². The van der Waals surface area contributed by atoms with E-state index in [0.29, 0.717) is 0 Å². The summed E-state index contributed by atoms with van der Waals surface area (Å²) in [6.07, 6.45) is 0.396. The smallest absolute Gasteiger partial charge is 0.127 e. The lowest BCUT2D eigenvalue weighted by Crippen LogP contribution is -2.13. The fourth-order valence-electron chi connectivity index (χ4n) is 3.25. The number of aliphatic hydroxyl groups is 1. The van der Waals surface area contributed by atoms with Gasteiger partial charge < -0.3 is 9.84 Å². The molecule has 1 N–H and O–H groups in total. The minimum Gasteiger partial charge on any atom is -0.496 e. The zero-order chi connectivity index (χ0) is 12.9. The third-order valence-corrected chi connectivity index (χ3v) is 4.00. The summed E-state index contributed by atoms with van der Waals surface area (Å²) in [4.78, 5) is 0. The fraction of sp³-hybridized carbons (Fsp3) is 0.375. The lowest BCUT2D eigenvalue weighted by atomic mass is 9.83. The molecular formula is C16H18O2. The minimum absolute atomic E-state index is 0.0145. The van der Waals surface area contributed by atoms with Gasteiger partial charge in [0.15, 0.2) is 0 Å². The number of methoxy groups -OCH3 is 1. The molecule has 1 atom stereocenters. The predicted octanol–water partition coefficient (Wildman–Crippen LogP) is 3.56. The van der Waals surface area contributed by atoms with Gasteiger partial charge in [0.25, 0.3) is 0 Å². The van der Waals surface area contributed by atoms with Crippen molar-refractivity contribution >= 4 is 10.8 Å². The lowest BCUT2D eigenvalue weighted by molar-refractivity contribution is 0.161. The van der Waals surface area contributed by atoms with E-state index < -0.39 is 0 Å². The summed E-state index contributed by atoms with van der Waals surface area (Å²) < 4.78 is 5.46. The highest BCUT2D eigenvalue weighted by Crippen LogP contribution is 2.49. The van der Waals surface area contributed by atoms with Crippen LogP contribution in [0, 0.1) is 0 Å². The van der Waals surface area contributed by atoms with Crippen molar-refractivity contribution in [2.75, 3.05) is 7.11 Å². The van der Waals surface area contributed by atoms with Gasteiger partial charge in [-0.25, -0.2) is 0 Å². The first-order valence-corrected chi connectivity index (χ1v) is 6.33. The van der Waals surface area contributed by atoms with E-state index in [1.54, 1.807) is 7.11 Å². The van der Waals surface area contributed by atoms with Crippen LogP contribution in [0.4, 0.5) is 0 Å². The molecule has 0 saturated heterocycles. The van der Waals surface area contributed by atoms with Gasteiger partial charge in [0.05, 0.1) is 13.2 Å². The van der Waals surface area contributed by atoms with E-state index in [9.17, 15) is 5.11 Å². The second-order valence-corrected chi connectivity index (χ2v) is 5.69. The Morgan fingerprint density at radius 2 is 1.89 bits per heavy atom. The van der Waals surface area contributed by atoms with Crippen molar-refractivity contribution in [3.8, 4) is 5.75 Å². The minimum atomic E-state index is -0.381. The zero-order valence-electron chi connectivity index (χ0n) is 11.0. The summed E-state index contributed by atoms with van der Waals surface area (Å²) >= 11 is 0. The molecule has 0 radical (unpaired) electrons. The van der Waals surface area contributed by atoms with E-state index in [2.05, 4.69) is 26.0 Å². The van der Waals surface area contributed by atoms with E-state index in [4.69, 9.17) is 4.74 Å². The van der Waals surface area contributed by atoms with Crippen LogP contribution in [0.5, 0.6) is 5.75 Å². The van der Waals surface area contributed by atoms with Crippen LogP contribution in [0.3, 0.4) is 0 Å². The first-order valence-electron chi connectivity index (χ1n) is 6.33. The zero-order valence-corrected chi connectivity index (χ0v) is 11.0. The van der Waals surface area contributed by atoms with Crippen molar-refractivity contribution < 1.29 is 9.84 Å². The van der Waals surface area contributed by atoms with Gasteiger partial charge >= 0.3 is 0 Å². The molecule has 1 aliphatic carbocycles. The van der Waals surface area contributed by atoms with Crippen LogP contribution in [-0.4, -0.2) is 12.2 Å². The predicted molar refractivity (Wildman–Crippen MR) is 73.1 cm³/mol. The van der Waals surface area contributed by atoms with Crippen molar-refractivity contribution in [1.82, 2.24) is 0 Å². The first-order chi connectivity index (χ1) is 8.54. The monoisotopic (exact) mass is 242 g/mol. The Hall–Kier alpha value is -1.54. The van der Waals surface area contributed by atoms with E-state index in [1.165, 1.54) is 10.9 Å². The largest absolute Gasteiger partial charge is 0.496 e. The van der Waals surface area contributed by atoms with Crippen LogP contribution < -0.4 is 4.74 Å². The fourth-order valence-corrected chi connectivity index (χ4v) is 3.25. The van der Waals surface area contributed by atoms with E-state index in [1.807, 2.05) is 18.2 Å². The molecule has 1 aliphatic rings. The van der Waals surface area contributed by atoms with Gasteiger partial charge in [0, 0.05) is 5.39 Å². The maximum Gasteiger partial charge on any atom is 0.127 e. The molecule has 3 rings (SSSR count). The second kappa shape index (κ2) is 3.72. The van der Waals surface area contributed by atoms with Crippen molar-refractivity contribution in [1.29, 1.82) is 0 Å². The molecule has 2 nitrogen and oxygen atoms in total. The van der Waals surface area contributed by atoms with Gasteiger partial charge in [-0.1, -0.05) is 38.1 Å². The average Bonchev–Trinajstić information content (AvgIpc) is 2.58. The van der Waals surface area contributed by atoms with Crippen molar-refractivity contribution in [2.45, 2.75) is 31.8 Å². The third-order valence-electron chi connectivity index (χ3n) is 4.00. The average molecular weight is 242 g/mol. The molecule has 0 spiro atoms. The quantitative estimate of drug-likeness (QED) is 0.828. The van der Waals surface area contributed by atoms with Crippen LogP contribution in [0.1, 0.15) is 37.5 Å². The Balaban J connectivity index is 2.44. The highest BCUT2D eigenvalue weighted by Gasteiger charge is 2.38. The Labute approximate surface area is 107 Å². The maximum absolute atomic E-state index is 10.2. The van der Waals surface area contributed by atoms with Crippen molar-refractivity contribution in [3.63, 3.8) is 0 Å². The van der Waals surface area contributed by atoms with Gasteiger partial charge in [0.2, 0.25) is 0 Å². The standard InChI is InChI=1S/C16H18O2/c1-16(2)9-13(17)12-8-14(18-3)10-6-4-5-7-11(10)15(12)16/h4-8,13,17H,9H2,1-3H3/t13-/m1/s1. The summed E-state index contributed by atoms with van der Waals surface area (Å²) in [5, 5.41) is 12.6. The molecule has 0 saturated carbocycles. The van der Waals surface area contributed by atoms with Crippen molar-refractivity contribution in [2.24, 2.45) is 0 Å². The number of hydrogen-bond acceptors (Lipinski definition) is 2. The van der Waals surface area contributed by atoms with Crippen LogP contribution in [-0.2, 0) is 5.41 Å².